The molecular formula is C16H18N2O2. The lowest BCUT2D eigenvalue weighted by Crippen LogP contribution is -2.14. The van der Waals surface area contributed by atoms with Gasteiger partial charge in [-0.1, -0.05) is 12.1 Å². The molecule has 2 aromatic rings. The van der Waals surface area contributed by atoms with Gasteiger partial charge in [0.1, 0.15) is 5.75 Å². The molecule has 104 valence electrons. The summed E-state index contributed by atoms with van der Waals surface area (Å²) in [5, 5.41) is 2.91. The third-order valence-corrected chi connectivity index (χ3v) is 3.29. The van der Waals surface area contributed by atoms with Crippen LogP contribution in [0.5, 0.6) is 5.75 Å². The van der Waals surface area contributed by atoms with Gasteiger partial charge in [-0.05, 0) is 49.2 Å². The minimum absolute atomic E-state index is 0.180. The first-order valence-corrected chi connectivity index (χ1v) is 6.34. The van der Waals surface area contributed by atoms with Gasteiger partial charge in [0.2, 0.25) is 0 Å². The lowest BCUT2D eigenvalue weighted by molar-refractivity contribution is 0.102. The van der Waals surface area contributed by atoms with Gasteiger partial charge in [-0.2, -0.15) is 0 Å². The maximum Gasteiger partial charge on any atom is 0.255 e. The van der Waals surface area contributed by atoms with E-state index in [2.05, 4.69) is 5.32 Å². The molecule has 4 nitrogen and oxygen atoms in total. The quantitative estimate of drug-likeness (QED) is 0.842. The number of hydrogen-bond donors (Lipinski definition) is 2. The summed E-state index contributed by atoms with van der Waals surface area (Å²) in [4.78, 5) is 12.3. The number of rotatable bonds is 3. The predicted molar refractivity (Wildman–Crippen MR) is 81.3 cm³/mol. The number of nitrogens with one attached hydrogen (secondary N) is 1. The molecule has 0 bridgehead atoms. The fraction of sp³-hybridized carbons (Fsp3) is 0.188. The van der Waals surface area contributed by atoms with Gasteiger partial charge in [0.25, 0.3) is 5.91 Å². The topological polar surface area (TPSA) is 64.3 Å². The molecule has 0 aliphatic rings. The molecule has 20 heavy (non-hydrogen) atoms. The predicted octanol–water partition coefficient (Wildman–Crippen LogP) is 3.15. The zero-order valence-electron chi connectivity index (χ0n) is 11.9. The number of benzene rings is 2. The van der Waals surface area contributed by atoms with E-state index in [-0.39, 0.29) is 5.91 Å². The second kappa shape index (κ2) is 5.65. The smallest absolute Gasteiger partial charge is 0.255 e. The first-order valence-electron chi connectivity index (χ1n) is 6.34. The zero-order chi connectivity index (χ0) is 14.7. The molecule has 0 aliphatic heterocycles. The van der Waals surface area contributed by atoms with Crippen molar-refractivity contribution < 1.29 is 9.53 Å². The fourth-order valence-electron chi connectivity index (χ4n) is 2.01. The molecular weight excluding hydrogens is 252 g/mol. The Morgan fingerprint density at radius 2 is 1.95 bits per heavy atom. The molecule has 0 spiro atoms. The molecule has 2 aromatic carbocycles. The SMILES string of the molecule is COc1cccc(C(=O)Nc2c(C)ccc(N)c2C)c1. The zero-order valence-corrected chi connectivity index (χ0v) is 11.9. The van der Waals surface area contributed by atoms with Gasteiger partial charge in [-0.25, -0.2) is 0 Å². The monoisotopic (exact) mass is 270 g/mol. The summed E-state index contributed by atoms with van der Waals surface area (Å²) in [5.41, 5.74) is 9.71. The molecule has 1 amide bonds. The third-order valence-electron chi connectivity index (χ3n) is 3.29. The number of anilines is 2. The fourth-order valence-corrected chi connectivity index (χ4v) is 2.01. The second-order valence-corrected chi connectivity index (χ2v) is 4.66. The van der Waals surface area contributed by atoms with Crippen molar-refractivity contribution in [3.8, 4) is 5.75 Å². The summed E-state index contributed by atoms with van der Waals surface area (Å²) in [7, 11) is 1.57. The molecule has 0 heterocycles. The molecule has 0 saturated carbocycles. The highest BCUT2D eigenvalue weighted by Gasteiger charge is 2.11. The average molecular weight is 270 g/mol. The molecule has 0 saturated heterocycles. The molecule has 3 N–H and O–H groups in total. The molecule has 0 aliphatic carbocycles. The van der Waals surface area contributed by atoms with E-state index in [9.17, 15) is 4.79 Å². The van der Waals surface area contributed by atoms with Crippen LogP contribution in [-0.4, -0.2) is 13.0 Å². The molecule has 0 aromatic heterocycles. The standard InChI is InChI=1S/C16H18N2O2/c1-10-7-8-14(17)11(2)15(10)18-16(19)12-5-4-6-13(9-12)20-3/h4-9H,17H2,1-3H3,(H,18,19). The lowest BCUT2D eigenvalue weighted by Gasteiger charge is -2.13. The van der Waals surface area contributed by atoms with Crippen LogP contribution in [0.4, 0.5) is 11.4 Å². The number of nitrogen functional groups attached to an aromatic ring is 1. The van der Waals surface area contributed by atoms with Crippen LogP contribution >= 0.6 is 0 Å². The van der Waals surface area contributed by atoms with Crippen molar-refractivity contribution in [2.45, 2.75) is 13.8 Å². The summed E-state index contributed by atoms with van der Waals surface area (Å²) in [6.07, 6.45) is 0. The minimum atomic E-state index is -0.180. The summed E-state index contributed by atoms with van der Waals surface area (Å²) in [5.74, 6) is 0.472. The number of carbonyl (C=O) groups is 1. The van der Waals surface area contributed by atoms with Crippen molar-refractivity contribution in [1.82, 2.24) is 0 Å². The van der Waals surface area contributed by atoms with Crippen molar-refractivity contribution in [1.29, 1.82) is 0 Å². The van der Waals surface area contributed by atoms with E-state index in [1.54, 1.807) is 31.4 Å². The summed E-state index contributed by atoms with van der Waals surface area (Å²) >= 11 is 0. The van der Waals surface area contributed by atoms with Crippen molar-refractivity contribution >= 4 is 17.3 Å². The van der Waals surface area contributed by atoms with Crippen LogP contribution in [0.2, 0.25) is 0 Å². The van der Waals surface area contributed by atoms with E-state index >= 15 is 0 Å². The highest BCUT2D eigenvalue weighted by molar-refractivity contribution is 6.05. The summed E-state index contributed by atoms with van der Waals surface area (Å²) < 4.78 is 5.12. The van der Waals surface area contributed by atoms with Crippen molar-refractivity contribution in [2.75, 3.05) is 18.2 Å². The first kappa shape index (κ1) is 13.9. The molecule has 4 heteroatoms. The van der Waals surface area contributed by atoms with Gasteiger partial charge in [-0.15, -0.1) is 0 Å². The summed E-state index contributed by atoms with van der Waals surface area (Å²) in [6, 6.07) is 10.8. The Hall–Kier alpha value is -2.49. The number of methoxy groups -OCH3 is 1. The minimum Gasteiger partial charge on any atom is -0.497 e. The number of aryl methyl sites for hydroxylation is 1. The second-order valence-electron chi connectivity index (χ2n) is 4.66. The highest BCUT2D eigenvalue weighted by Crippen LogP contribution is 2.26. The maximum absolute atomic E-state index is 12.3. The van der Waals surface area contributed by atoms with Crippen LogP contribution in [0, 0.1) is 13.8 Å². The van der Waals surface area contributed by atoms with E-state index < -0.39 is 0 Å². The van der Waals surface area contributed by atoms with Crippen molar-refractivity contribution in [2.24, 2.45) is 0 Å². The normalized spacial score (nSPS) is 10.2. The van der Waals surface area contributed by atoms with Gasteiger partial charge in [0.05, 0.1) is 7.11 Å². The van der Waals surface area contributed by atoms with Crippen LogP contribution in [0.15, 0.2) is 36.4 Å². The van der Waals surface area contributed by atoms with Crippen LogP contribution in [0.3, 0.4) is 0 Å². The molecule has 0 unspecified atom stereocenters. The van der Waals surface area contributed by atoms with Gasteiger partial charge < -0.3 is 15.8 Å². The summed E-state index contributed by atoms with van der Waals surface area (Å²) in [6.45, 7) is 3.83. The molecule has 0 fully saturated rings. The number of amides is 1. The Kier molecular flexibility index (Phi) is 3.94. The Bertz CT molecular complexity index is 651. The van der Waals surface area contributed by atoms with E-state index in [0.717, 1.165) is 16.8 Å². The van der Waals surface area contributed by atoms with Gasteiger partial charge in [0, 0.05) is 16.9 Å². The van der Waals surface area contributed by atoms with E-state index in [4.69, 9.17) is 10.5 Å². The maximum atomic E-state index is 12.3. The highest BCUT2D eigenvalue weighted by atomic mass is 16.5. The molecule has 0 atom stereocenters. The van der Waals surface area contributed by atoms with E-state index in [1.165, 1.54) is 0 Å². The van der Waals surface area contributed by atoms with Crippen molar-refractivity contribution in [3.63, 3.8) is 0 Å². The Morgan fingerprint density at radius 1 is 1.20 bits per heavy atom. The van der Waals surface area contributed by atoms with Gasteiger partial charge in [-0.3, -0.25) is 4.79 Å². The van der Waals surface area contributed by atoms with Crippen LogP contribution in [-0.2, 0) is 0 Å². The Morgan fingerprint density at radius 3 is 2.65 bits per heavy atom. The van der Waals surface area contributed by atoms with Crippen molar-refractivity contribution in [3.05, 3.63) is 53.1 Å². The number of nitrogens with two attached hydrogens (primary N) is 1. The largest absolute Gasteiger partial charge is 0.497 e. The number of carbonyl (C=O) groups excluding carboxylic acids is 1. The average Bonchev–Trinajstić information content (AvgIpc) is 2.47. The number of ether oxygens (including phenoxy) is 1. The van der Waals surface area contributed by atoms with Crippen LogP contribution in [0.25, 0.3) is 0 Å². The van der Waals surface area contributed by atoms with Gasteiger partial charge in [0.15, 0.2) is 0 Å². The van der Waals surface area contributed by atoms with E-state index in [0.29, 0.717) is 17.0 Å². The van der Waals surface area contributed by atoms with Crippen LogP contribution < -0.4 is 15.8 Å². The van der Waals surface area contributed by atoms with Gasteiger partial charge >= 0.3 is 0 Å². The first-order chi connectivity index (χ1) is 9.52. The van der Waals surface area contributed by atoms with E-state index in [1.807, 2.05) is 26.0 Å². The lowest BCUT2D eigenvalue weighted by atomic mass is 10.1. The Labute approximate surface area is 118 Å². The molecule has 2 rings (SSSR count). The molecule has 0 radical (unpaired) electrons. The third kappa shape index (κ3) is 2.74. The Balaban J connectivity index is 2.30. The van der Waals surface area contributed by atoms with Crippen LogP contribution in [0.1, 0.15) is 21.5 Å². The number of hydrogen-bond acceptors (Lipinski definition) is 3.